The zero-order chi connectivity index (χ0) is 11.4. The molecule has 4 heteroatoms. The van der Waals surface area contributed by atoms with Gasteiger partial charge in [0.05, 0.1) is 10.8 Å². The number of hydrogen-bond donors (Lipinski definition) is 1. The van der Waals surface area contributed by atoms with Crippen LogP contribution in [0.3, 0.4) is 0 Å². The third-order valence-corrected chi connectivity index (χ3v) is 3.95. The lowest BCUT2D eigenvalue weighted by atomic mass is 10.2. The molecule has 0 saturated carbocycles. The summed E-state index contributed by atoms with van der Waals surface area (Å²) in [6.45, 7) is 3.66. The van der Waals surface area contributed by atoms with E-state index in [-0.39, 0.29) is 0 Å². The first-order valence-corrected chi connectivity index (χ1v) is 5.97. The first-order valence-electron chi connectivity index (χ1n) is 4.76. The highest BCUT2D eigenvalue weighted by atomic mass is 32.2. The van der Waals surface area contributed by atoms with Gasteiger partial charge in [0.2, 0.25) is 0 Å². The first kappa shape index (κ1) is 11.9. The predicted octanol–water partition coefficient (Wildman–Crippen LogP) is 1.97. The molecule has 15 heavy (non-hydrogen) atoms. The van der Waals surface area contributed by atoms with Crippen LogP contribution in [0.15, 0.2) is 29.2 Å². The molecule has 0 aliphatic carbocycles. The van der Waals surface area contributed by atoms with E-state index in [1.54, 1.807) is 19.1 Å². The van der Waals surface area contributed by atoms with Crippen molar-refractivity contribution in [2.45, 2.75) is 30.4 Å². The van der Waals surface area contributed by atoms with Crippen molar-refractivity contribution in [3.63, 3.8) is 0 Å². The number of aliphatic carboxylic acids is 1. The van der Waals surface area contributed by atoms with Crippen LogP contribution in [-0.2, 0) is 15.6 Å². The summed E-state index contributed by atoms with van der Waals surface area (Å²) in [6.07, 6.45) is 0.371. The smallest absolute Gasteiger partial charge is 0.319 e. The highest BCUT2D eigenvalue weighted by Gasteiger charge is 2.23. The molecular formula is C11H14O3S. The molecule has 1 aromatic rings. The number of benzene rings is 1. The average Bonchev–Trinajstić information content (AvgIpc) is 2.19. The molecule has 0 aromatic heterocycles. The molecule has 0 unspecified atom stereocenters. The molecule has 3 nitrogen and oxygen atoms in total. The van der Waals surface area contributed by atoms with Crippen LogP contribution in [0.4, 0.5) is 0 Å². The minimum Gasteiger partial charge on any atom is -0.480 e. The number of rotatable bonds is 4. The van der Waals surface area contributed by atoms with Crippen molar-refractivity contribution in [1.29, 1.82) is 0 Å². The fourth-order valence-corrected chi connectivity index (χ4v) is 2.47. The molecule has 0 fully saturated rings. The third kappa shape index (κ3) is 2.89. The predicted molar refractivity (Wildman–Crippen MR) is 59.3 cm³/mol. The first-order chi connectivity index (χ1) is 7.06. The summed E-state index contributed by atoms with van der Waals surface area (Å²) in [6, 6.07) is 7.11. The van der Waals surface area contributed by atoms with E-state index in [4.69, 9.17) is 5.11 Å². The standard InChI is InChI=1S/C11H14O3S/c1-3-10(11(12)13)15(14)9-6-4-8(2)5-7-9/h4-7,10H,3H2,1-2H3,(H,12,13)/t10-,15-/m0/s1. The van der Waals surface area contributed by atoms with Gasteiger partial charge in [0.25, 0.3) is 0 Å². The lowest BCUT2D eigenvalue weighted by Crippen LogP contribution is -2.24. The number of aryl methyl sites for hydroxylation is 1. The van der Waals surface area contributed by atoms with Crippen molar-refractivity contribution >= 4 is 16.8 Å². The van der Waals surface area contributed by atoms with Crippen LogP contribution in [0, 0.1) is 6.92 Å². The van der Waals surface area contributed by atoms with E-state index in [0.29, 0.717) is 11.3 Å². The van der Waals surface area contributed by atoms with Gasteiger partial charge in [-0.25, -0.2) is 0 Å². The summed E-state index contributed by atoms with van der Waals surface area (Å²) in [5.41, 5.74) is 1.07. The molecule has 1 N–H and O–H groups in total. The van der Waals surface area contributed by atoms with Gasteiger partial charge >= 0.3 is 5.97 Å². The summed E-state index contributed by atoms with van der Waals surface area (Å²) < 4.78 is 11.9. The van der Waals surface area contributed by atoms with Gasteiger partial charge in [-0.3, -0.25) is 9.00 Å². The van der Waals surface area contributed by atoms with E-state index in [0.717, 1.165) is 5.56 Å². The van der Waals surface area contributed by atoms with Crippen LogP contribution < -0.4 is 0 Å². The molecule has 0 heterocycles. The molecule has 0 spiro atoms. The van der Waals surface area contributed by atoms with E-state index in [2.05, 4.69) is 0 Å². The Kier molecular flexibility index (Phi) is 4.03. The Hall–Kier alpha value is -1.16. The van der Waals surface area contributed by atoms with Crippen LogP contribution >= 0.6 is 0 Å². The van der Waals surface area contributed by atoms with E-state index in [1.165, 1.54) is 0 Å². The topological polar surface area (TPSA) is 54.4 Å². The number of carbonyl (C=O) groups is 1. The molecule has 2 atom stereocenters. The highest BCUT2D eigenvalue weighted by molar-refractivity contribution is 7.86. The molecule has 0 aliphatic rings. The largest absolute Gasteiger partial charge is 0.480 e. The van der Waals surface area contributed by atoms with Crippen LogP contribution in [-0.4, -0.2) is 20.5 Å². The van der Waals surface area contributed by atoms with Crippen molar-refractivity contribution in [3.05, 3.63) is 29.8 Å². The maximum Gasteiger partial charge on any atom is 0.319 e. The zero-order valence-corrected chi connectivity index (χ0v) is 9.58. The minimum atomic E-state index is -1.46. The van der Waals surface area contributed by atoms with Crippen molar-refractivity contribution in [2.75, 3.05) is 0 Å². The molecule has 1 rings (SSSR count). The Morgan fingerprint density at radius 1 is 1.40 bits per heavy atom. The molecule has 82 valence electrons. The van der Waals surface area contributed by atoms with Crippen LogP contribution in [0.2, 0.25) is 0 Å². The maximum atomic E-state index is 11.9. The summed E-state index contributed by atoms with van der Waals surface area (Å²) in [7, 11) is -1.46. The lowest BCUT2D eigenvalue weighted by Gasteiger charge is -2.09. The van der Waals surface area contributed by atoms with Gasteiger partial charge in [-0.2, -0.15) is 0 Å². The second kappa shape index (κ2) is 5.07. The fourth-order valence-electron chi connectivity index (χ4n) is 1.25. The van der Waals surface area contributed by atoms with Gasteiger partial charge in [-0.05, 0) is 25.5 Å². The quantitative estimate of drug-likeness (QED) is 0.854. The average molecular weight is 226 g/mol. The Morgan fingerprint density at radius 3 is 2.33 bits per heavy atom. The number of carboxylic acid groups (broad SMARTS) is 1. The molecule has 1 aromatic carbocycles. The SMILES string of the molecule is CC[C@@H](C(=O)O)[S@@](=O)c1ccc(C)cc1. The minimum absolute atomic E-state index is 0.371. The summed E-state index contributed by atoms with van der Waals surface area (Å²) in [5, 5.41) is 8.05. The number of hydrogen-bond acceptors (Lipinski definition) is 2. The van der Waals surface area contributed by atoms with Crippen LogP contribution in [0.25, 0.3) is 0 Å². The lowest BCUT2D eigenvalue weighted by molar-refractivity contribution is -0.136. The van der Waals surface area contributed by atoms with Crippen LogP contribution in [0.5, 0.6) is 0 Å². The molecule has 0 bridgehead atoms. The fraction of sp³-hybridized carbons (Fsp3) is 0.364. The second-order valence-corrected chi connectivity index (χ2v) is 4.98. The van der Waals surface area contributed by atoms with Gasteiger partial charge in [-0.15, -0.1) is 0 Å². The van der Waals surface area contributed by atoms with Crippen molar-refractivity contribution < 1.29 is 14.1 Å². The van der Waals surface area contributed by atoms with Gasteiger partial charge in [-0.1, -0.05) is 24.6 Å². The molecule has 0 amide bonds. The Bertz CT molecular complexity index is 370. The summed E-state index contributed by atoms with van der Waals surface area (Å²) in [4.78, 5) is 11.4. The van der Waals surface area contributed by atoms with Crippen molar-refractivity contribution in [3.8, 4) is 0 Å². The van der Waals surface area contributed by atoms with E-state index < -0.39 is 22.0 Å². The second-order valence-electron chi connectivity index (χ2n) is 3.35. The van der Waals surface area contributed by atoms with Crippen molar-refractivity contribution in [2.24, 2.45) is 0 Å². The summed E-state index contributed by atoms with van der Waals surface area (Å²) >= 11 is 0. The molecule has 0 radical (unpaired) electrons. The van der Waals surface area contributed by atoms with E-state index in [1.807, 2.05) is 19.1 Å². The normalized spacial score (nSPS) is 14.5. The van der Waals surface area contributed by atoms with E-state index >= 15 is 0 Å². The number of carboxylic acids is 1. The van der Waals surface area contributed by atoms with Gasteiger partial charge in [0.1, 0.15) is 5.25 Å². The van der Waals surface area contributed by atoms with Gasteiger partial charge < -0.3 is 5.11 Å². The monoisotopic (exact) mass is 226 g/mol. The van der Waals surface area contributed by atoms with Crippen LogP contribution in [0.1, 0.15) is 18.9 Å². The summed E-state index contributed by atoms with van der Waals surface area (Å²) in [5.74, 6) is -1.00. The third-order valence-electron chi connectivity index (χ3n) is 2.16. The van der Waals surface area contributed by atoms with Gasteiger partial charge in [0.15, 0.2) is 0 Å². The Balaban J connectivity index is 2.93. The van der Waals surface area contributed by atoms with Gasteiger partial charge in [0, 0.05) is 4.90 Å². The highest BCUT2D eigenvalue weighted by Crippen LogP contribution is 2.14. The zero-order valence-electron chi connectivity index (χ0n) is 8.77. The van der Waals surface area contributed by atoms with E-state index in [9.17, 15) is 9.00 Å². The molecular weight excluding hydrogens is 212 g/mol. The molecule has 0 aliphatic heterocycles. The molecule has 0 saturated heterocycles. The maximum absolute atomic E-state index is 11.9. The Labute approximate surface area is 91.6 Å². The van der Waals surface area contributed by atoms with Crippen molar-refractivity contribution in [1.82, 2.24) is 0 Å². The Morgan fingerprint density at radius 2 is 1.93 bits per heavy atom.